The number of aldehydes is 1. The quantitative estimate of drug-likeness (QED) is 0.235. The first kappa shape index (κ1) is 29.9. The number of nitriles is 1. The Morgan fingerprint density at radius 1 is 1.24 bits per heavy atom. The summed E-state index contributed by atoms with van der Waals surface area (Å²) in [5.74, 6) is -0.166. The average Bonchev–Trinajstić information content (AvgIpc) is 3.33. The molecule has 1 fully saturated rings. The number of hydrogen-bond donors (Lipinski definition) is 1. The van der Waals surface area contributed by atoms with Crippen LogP contribution < -0.4 is 10.1 Å². The van der Waals surface area contributed by atoms with Gasteiger partial charge in [0.05, 0.1) is 40.5 Å². The molecule has 0 radical (unpaired) electrons. The Bertz CT molecular complexity index is 1680. The number of ether oxygens (including phenoxy) is 2. The van der Waals surface area contributed by atoms with Crippen molar-refractivity contribution >= 4 is 68.2 Å². The van der Waals surface area contributed by atoms with Crippen LogP contribution in [-0.2, 0) is 11.3 Å². The van der Waals surface area contributed by atoms with E-state index in [0.717, 1.165) is 19.6 Å². The molecule has 1 N–H and O–H groups in total. The number of nitrogens with one attached hydrogen (secondary N) is 1. The highest BCUT2D eigenvalue weighted by Gasteiger charge is 2.22. The van der Waals surface area contributed by atoms with E-state index in [0.29, 0.717) is 57.2 Å². The molecule has 11 nitrogen and oxygen atoms in total. The van der Waals surface area contributed by atoms with Crippen molar-refractivity contribution in [2.75, 3.05) is 38.2 Å². The van der Waals surface area contributed by atoms with Gasteiger partial charge in [0, 0.05) is 60.9 Å². The highest BCUT2D eigenvalue weighted by atomic mass is 79.9. The number of aromatic nitrogens is 4. The van der Waals surface area contributed by atoms with Crippen LogP contribution in [-0.4, -0.2) is 69.5 Å². The maximum absolute atomic E-state index is 13.6. The first-order valence-corrected chi connectivity index (χ1v) is 14.5. The van der Waals surface area contributed by atoms with Gasteiger partial charge in [-0.15, -0.1) is 0 Å². The Balaban J connectivity index is 1.42. The lowest BCUT2D eigenvalue weighted by Gasteiger charge is -2.26. The molecule has 42 heavy (non-hydrogen) atoms. The number of hydrogen-bond acceptors (Lipinski definition) is 9. The molecular weight excluding hydrogens is 649 g/mol. The highest BCUT2D eigenvalue weighted by molar-refractivity contribution is 9.10. The third-order valence-corrected chi connectivity index (χ3v) is 8.02. The minimum atomic E-state index is -0.639. The monoisotopic (exact) mass is 671 g/mol. The van der Waals surface area contributed by atoms with E-state index in [-0.39, 0.29) is 28.4 Å². The lowest BCUT2D eigenvalue weighted by Crippen LogP contribution is -2.38. The van der Waals surface area contributed by atoms with Gasteiger partial charge in [-0.3, -0.25) is 19.5 Å². The van der Waals surface area contributed by atoms with Gasteiger partial charge in [-0.2, -0.15) is 5.26 Å². The Morgan fingerprint density at radius 3 is 2.67 bits per heavy atom. The predicted octanol–water partition coefficient (Wildman–Crippen LogP) is 5.30. The average molecular weight is 673 g/mol. The number of carbonyl (C=O) groups excluding carboxylic acids is 2. The fourth-order valence-corrected chi connectivity index (χ4v) is 5.71. The van der Waals surface area contributed by atoms with Crippen molar-refractivity contribution in [3.05, 3.63) is 73.8 Å². The van der Waals surface area contributed by atoms with Crippen LogP contribution in [0, 0.1) is 11.3 Å². The van der Waals surface area contributed by atoms with Gasteiger partial charge in [-0.1, -0.05) is 23.2 Å². The van der Waals surface area contributed by atoms with Crippen molar-refractivity contribution < 1.29 is 19.1 Å². The van der Waals surface area contributed by atoms with Crippen LogP contribution in [0.15, 0.2) is 41.4 Å². The molecule has 216 valence electrons. The standard InChI is InChI=1S/C28H24BrCl2N7O4/c1-16(26-20(30)12-33-13-21(26)31)42-24-9-25(34-11-17(24)10-32)36-28(40)18-14-38(3-2-37-4-6-41-7-5-37)23-8-19(29)22(15-39)35-27(18)23/h8-9,11-16H,2-7H2,1H3,(H,34,36,40)/t16-/m0/s1. The van der Waals surface area contributed by atoms with E-state index in [9.17, 15) is 14.9 Å². The van der Waals surface area contributed by atoms with E-state index >= 15 is 0 Å². The minimum absolute atomic E-state index is 0.148. The van der Waals surface area contributed by atoms with E-state index in [1.54, 1.807) is 19.2 Å². The minimum Gasteiger partial charge on any atom is -0.484 e. The summed E-state index contributed by atoms with van der Waals surface area (Å²) in [5.41, 5.74) is 2.18. The Labute approximate surface area is 259 Å². The van der Waals surface area contributed by atoms with Crippen molar-refractivity contribution in [3.8, 4) is 11.8 Å². The number of pyridine rings is 3. The van der Waals surface area contributed by atoms with Crippen molar-refractivity contribution in [1.29, 1.82) is 5.26 Å². The van der Waals surface area contributed by atoms with E-state index in [1.807, 2.05) is 10.6 Å². The fourth-order valence-electron chi connectivity index (χ4n) is 4.63. The normalized spacial score (nSPS) is 14.4. The molecule has 0 saturated carbocycles. The number of halogens is 3. The summed E-state index contributed by atoms with van der Waals surface area (Å²) in [4.78, 5) is 40.1. The summed E-state index contributed by atoms with van der Waals surface area (Å²) < 4.78 is 13.9. The lowest BCUT2D eigenvalue weighted by atomic mass is 10.1. The molecule has 4 aromatic rings. The molecule has 1 amide bonds. The molecule has 0 spiro atoms. The van der Waals surface area contributed by atoms with Gasteiger partial charge in [0.25, 0.3) is 5.91 Å². The third-order valence-electron chi connectivity index (χ3n) is 6.78. The molecule has 14 heteroatoms. The summed E-state index contributed by atoms with van der Waals surface area (Å²) in [6.07, 6.45) is 5.91. The second kappa shape index (κ2) is 13.1. The van der Waals surface area contributed by atoms with E-state index in [1.165, 1.54) is 24.7 Å². The van der Waals surface area contributed by atoms with Crippen LogP contribution in [0.4, 0.5) is 5.82 Å². The molecular formula is C28H24BrCl2N7O4. The number of nitrogens with zero attached hydrogens (tertiary/aromatic N) is 6. The molecule has 5 heterocycles. The van der Waals surface area contributed by atoms with Gasteiger partial charge in [0.2, 0.25) is 0 Å². The lowest BCUT2D eigenvalue weighted by molar-refractivity contribution is 0.0365. The molecule has 1 saturated heterocycles. The Morgan fingerprint density at radius 2 is 1.98 bits per heavy atom. The van der Waals surface area contributed by atoms with Gasteiger partial charge < -0.3 is 19.4 Å². The van der Waals surface area contributed by atoms with E-state index in [4.69, 9.17) is 32.7 Å². The molecule has 1 aliphatic rings. The molecule has 5 rings (SSSR count). The molecule has 0 aromatic carbocycles. The van der Waals surface area contributed by atoms with E-state index < -0.39 is 12.0 Å². The molecule has 4 aromatic heterocycles. The van der Waals surface area contributed by atoms with Crippen LogP contribution in [0.2, 0.25) is 10.0 Å². The third kappa shape index (κ3) is 6.40. The van der Waals surface area contributed by atoms with Gasteiger partial charge in [0.1, 0.15) is 40.5 Å². The number of amides is 1. The number of anilines is 1. The van der Waals surface area contributed by atoms with Gasteiger partial charge >= 0.3 is 0 Å². The van der Waals surface area contributed by atoms with Crippen molar-refractivity contribution in [3.63, 3.8) is 0 Å². The summed E-state index contributed by atoms with van der Waals surface area (Å²) >= 11 is 16.0. The molecule has 0 aliphatic carbocycles. The summed E-state index contributed by atoms with van der Waals surface area (Å²) in [6, 6.07) is 5.27. The molecule has 1 atom stereocenters. The van der Waals surface area contributed by atoms with Gasteiger partial charge in [-0.25, -0.2) is 9.97 Å². The second-order valence-electron chi connectivity index (χ2n) is 9.44. The number of fused-ring (bicyclic) bond motifs is 1. The van der Waals surface area contributed by atoms with Crippen molar-refractivity contribution in [2.45, 2.75) is 19.6 Å². The largest absolute Gasteiger partial charge is 0.484 e. The maximum Gasteiger partial charge on any atom is 0.260 e. The first-order chi connectivity index (χ1) is 20.3. The zero-order valence-electron chi connectivity index (χ0n) is 22.3. The zero-order chi connectivity index (χ0) is 29.8. The van der Waals surface area contributed by atoms with E-state index in [2.05, 4.69) is 41.1 Å². The summed E-state index contributed by atoms with van der Waals surface area (Å²) in [6.45, 7) is 6.11. The fraction of sp³-hybridized carbons (Fsp3) is 0.286. The van der Waals surface area contributed by atoms with Crippen molar-refractivity contribution in [1.82, 2.24) is 24.4 Å². The molecule has 1 aliphatic heterocycles. The molecule has 0 unspecified atom stereocenters. The topological polar surface area (TPSA) is 135 Å². The molecule has 0 bridgehead atoms. The van der Waals surface area contributed by atoms with Crippen LogP contribution in [0.5, 0.6) is 5.75 Å². The predicted molar refractivity (Wildman–Crippen MR) is 160 cm³/mol. The SMILES string of the molecule is C[C@H](Oc1cc(NC(=O)c2cn(CCN3CCOCC3)c3cc(Br)c(C=O)nc23)ncc1C#N)c1c(Cl)cncc1Cl. The maximum atomic E-state index is 13.6. The van der Waals surface area contributed by atoms with Crippen LogP contribution in [0.3, 0.4) is 0 Å². The van der Waals surface area contributed by atoms with Gasteiger partial charge in [0.15, 0.2) is 6.29 Å². The second-order valence-corrected chi connectivity index (χ2v) is 11.1. The Kier molecular flexibility index (Phi) is 9.35. The smallest absolute Gasteiger partial charge is 0.260 e. The summed E-state index contributed by atoms with van der Waals surface area (Å²) in [5, 5.41) is 13.0. The van der Waals surface area contributed by atoms with Crippen LogP contribution >= 0.6 is 39.1 Å². The highest BCUT2D eigenvalue weighted by Crippen LogP contribution is 2.34. The number of rotatable bonds is 9. The number of morpholine rings is 1. The first-order valence-electron chi connectivity index (χ1n) is 12.9. The Hall–Kier alpha value is -3.60. The van der Waals surface area contributed by atoms with Crippen LogP contribution in [0.1, 0.15) is 45.0 Å². The van der Waals surface area contributed by atoms with Crippen molar-refractivity contribution in [2.24, 2.45) is 0 Å². The zero-order valence-corrected chi connectivity index (χ0v) is 25.4. The van der Waals surface area contributed by atoms with Crippen LogP contribution in [0.25, 0.3) is 11.0 Å². The van der Waals surface area contributed by atoms with Gasteiger partial charge in [-0.05, 0) is 28.9 Å². The number of carbonyl (C=O) groups is 2. The summed E-state index contributed by atoms with van der Waals surface area (Å²) in [7, 11) is 0.